The van der Waals surface area contributed by atoms with Gasteiger partial charge in [0, 0.05) is 31.6 Å². The maximum Gasteiger partial charge on any atom is 0.227 e. The molecule has 2 saturated heterocycles. The van der Waals surface area contributed by atoms with E-state index in [0.29, 0.717) is 6.42 Å². The number of ether oxygens (including phenoxy) is 1. The Morgan fingerprint density at radius 2 is 1.94 bits per heavy atom. The number of likely N-dealkylation sites (tertiary alicyclic amines) is 1. The van der Waals surface area contributed by atoms with Crippen molar-refractivity contribution < 1.29 is 9.53 Å². The molecule has 5 heteroatoms. The lowest BCUT2D eigenvalue weighted by Crippen LogP contribution is -2.43. The van der Waals surface area contributed by atoms with Gasteiger partial charge in [-0.05, 0) is 73.6 Å². The molecule has 0 bridgehead atoms. The second-order valence-corrected chi connectivity index (χ2v) is 10.1. The topological polar surface area (TPSA) is 44.8 Å². The molecule has 2 unspecified atom stereocenters. The summed E-state index contributed by atoms with van der Waals surface area (Å²) in [7, 11) is 1.67. The Labute approximate surface area is 191 Å². The van der Waals surface area contributed by atoms with Crippen molar-refractivity contribution in [1.29, 1.82) is 0 Å². The van der Waals surface area contributed by atoms with Crippen LogP contribution < -0.4 is 10.1 Å². The standard InChI is InChI=1S/C27H35N3O2/c1-32-25-8-6-21(7-9-25)14-26(31)30-18-24-5-3-2-4-23(24)15-27(20-30)11-13-29(19-27)17-22-10-12-28-16-22/h2-9,22,28H,10-20H2,1H3. The predicted octanol–water partition coefficient (Wildman–Crippen LogP) is 3.12. The molecule has 32 heavy (non-hydrogen) atoms. The van der Waals surface area contributed by atoms with Crippen molar-refractivity contribution in [1.82, 2.24) is 15.1 Å². The first-order valence-corrected chi connectivity index (χ1v) is 12.0. The molecule has 1 amide bonds. The van der Waals surface area contributed by atoms with Gasteiger partial charge in [-0.3, -0.25) is 4.79 Å². The van der Waals surface area contributed by atoms with Gasteiger partial charge in [-0.1, -0.05) is 36.4 Å². The fourth-order valence-electron chi connectivity index (χ4n) is 5.91. The molecule has 0 saturated carbocycles. The molecule has 170 valence electrons. The van der Waals surface area contributed by atoms with Crippen molar-refractivity contribution in [2.75, 3.05) is 46.4 Å². The third-order valence-corrected chi connectivity index (χ3v) is 7.63. The summed E-state index contributed by atoms with van der Waals surface area (Å²) >= 11 is 0. The zero-order chi connectivity index (χ0) is 22.0. The number of nitrogens with zero attached hydrogens (tertiary/aromatic N) is 2. The average Bonchev–Trinajstić information content (AvgIpc) is 3.41. The number of nitrogens with one attached hydrogen (secondary N) is 1. The van der Waals surface area contributed by atoms with Crippen LogP contribution in [0.15, 0.2) is 48.5 Å². The molecule has 5 rings (SSSR count). The molecule has 0 aromatic heterocycles. The van der Waals surface area contributed by atoms with E-state index in [1.807, 2.05) is 24.3 Å². The van der Waals surface area contributed by atoms with Crippen molar-refractivity contribution in [2.45, 2.75) is 32.2 Å². The summed E-state index contributed by atoms with van der Waals surface area (Å²) in [6.45, 7) is 7.33. The van der Waals surface area contributed by atoms with Crippen LogP contribution in [0.3, 0.4) is 0 Å². The molecule has 2 aromatic rings. The fraction of sp³-hybridized carbons (Fsp3) is 0.519. The Hall–Kier alpha value is -2.37. The van der Waals surface area contributed by atoms with E-state index < -0.39 is 0 Å². The van der Waals surface area contributed by atoms with Crippen LogP contribution in [0.25, 0.3) is 0 Å². The van der Waals surface area contributed by atoms with Gasteiger partial charge < -0.3 is 19.9 Å². The molecule has 2 fully saturated rings. The van der Waals surface area contributed by atoms with E-state index in [2.05, 4.69) is 39.4 Å². The zero-order valence-electron chi connectivity index (χ0n) is 19.2. The van der Waals surface area contributed by atoms with Gasteiger partial charge in [0.2, 0.25) is 5.91 Å². The highest BCUT2D eigenvalue weighted by Crippen LogP contribution is 2.39. The molecule has 3 aliphatic rings. The van der Waals surface area contributed by atoms with E-state index >= 15 is 0 Å². The number of benzene rings is 2. The van der Waals surface area contributed by atoms with Gasteiger partial charge in [-0.25, -0.2) is 0 Å². The lowest BCUT2D eigenvalue weighted by Gasteiger charge is -2.33. The summed E-state index contributed by atoms with van der Waals surface area (Å²) in [5.74, 6) is 1.83. The maximum absolute atomic E-state index is 13.5. The summed E-state index contributed by atoms with van der Waals surface area (Å²) < 4.78 is 5.26. The highest BCUT2D eigenvalue weighted by Gasteiger charge is 2.43. The minimum atomic E-state index is 0.161. The lowest BCUT2D eigenvalue weighted by atomic mass is 9.80. The Balaban J connectivity index is 1.34. The van der Waals surface area contributed by atoms with E-state index in [9.17, 15) is 4.79 Å². The minimum absolute atomic E-state index is 0.161. The first-order valence-electron chi connectivity index (χ1n) is 12.0. The van der Waals surface area contributed by atoms with Crippen LogP contribution in [0.5, 0.6) is 5.75 Å². The molecule has 0 radical (unpaired) electrons. The smallest absolute Gasteiger partial charge is 0.227 e. The molecule has 5 nitrogen and oxygen atoms in total. The van der Waals surface area contributed by atoms with E-state index in [1.54, 1.807) is 7.11 Å². The quantitative estimate of drug-likeness (QED) is 0.787. The Bertz CT molecular complexity index is 938. The summed E-state index contributed by atoms with van der Waals surface area (Å²) in [6, 6.07) is 16.6. The van der Waals surface area contributed by atoms with Crippen LogP contribution in [0.4, 0.5) is 0 Å². The first-order chi connectivity index (χ1) is 15.6. The Morgan fingerprint density at radius 3 is 2.69 bits per heavy atom. The predicted molar refractivity (Wildman–Crippen MR) is 127 cm³/mol. The highest BCUT2D eigenvalue weighted by atomic mass is 16.5. The number of carbonyl (C=O) groups excluding carboxylic acids is 1. The third-order valence-electron chi connectivity index (χ3n) is 7.63. The molecular weight excluding hydrogens is 398 g/mol. The molecule has 1 N–H and O–H groups in total. The number of amides is 1. The molecule has 2 atom stereocenters. The zero-order valence-corrected chi connectivity index (χ0v) is 19.2. The van der Waals surface area contributed by atoms with Crippen LogP contribution in [-0.4, -0.2) is 62.1 Å². The number of carbonyl (C=O) groups is 1. The number of rotatable bonds is 5. The SMILES string of the molecule is COc1ccc(CC(=O)N2Cc3ccccc3CC3(CCN(CC4CCNC4)C3)C2)cc1. The first kappa shape index (κ1) is 21.5. The second-order valence-electron chi connectivity index (χ2n) is 10.1. The van der Waals surface area contributed by atoms with Gasteiger partial charge in [-0.15, -0.1) is 0 Å². The number of hydrogen-bond donors (Lipinski definition) is 1. The van der Waals surface area contributed by atoms with Gasteiger partial charge >= 0.3 is 0 Å². The molecule has 0 aliphatic carbocycles. The molecule has 1 spiro atoms. The van der Waals surface area contributed by atoms with Gasteiger partial charge in [0.1, 0.15) is 5.75 Å². The van der Waals surface area contributed by atoms with E-state index in [4.69, 9.17) is 4.74 Å². The maximum atomic E-state index is 13.5. The summed E-state index contributed by atoms with van der Waals surface area (Å²) in [5.41, 5.74) is 3.94. The minimum Gasteiger partial charge on any atom is -0.497 e. The molecule has 2 aromatic carbocycles. The van der Waals surface area contributed by atoms with E-state index in [0.717, 1.165) is 62.9 Å². The van der Waals surface area contributed by atoms with Crippen LogP contribution in [-0.2, 0) is 24.2 Å². The van der Waals surface area contributed by atoms with Crippen LogP contribution in [0, 0.1) is 11.3 Å². The van der Waals surface area contributed by atoms with Crippen LogP contribution >= 0.6 is 0 Å². The van der Waals surface area contributed by atoms with Crippen molar-refractivity contribution in [3.63, 3.8) is 0 Å². The Morgan fingerprint density at radius 1 is 1.12 bits per heavy atom. The normalized spacial score (nSPS) is 25.7. The summed E-state index contributed by atoms with van der Waals surface area (Å²) in [6.07, 6.45) is 3.99. The van der Waals surface area contributed by atoms with Crippen molar-refractivity contribution in [2.24, 2.45) is 11.3 Å². The van der Waals surface area contributed by atoms with Gasteiger partial charge in [-0.2, -0.15) is 0 Å². The molecular formula is C27H35N3O2. The van der Waals surface area contributed by atoms with E-state index in [1.165, 1.54) is 30.5 Å². The lowest BCUT2D eigenvalue weighted by molar-refractivity contribution is -0.132. The Kier molecular flexibility index (Phi) is 6.20. The van der Waals surface area contributed by atoms with Crippen LogP contribution in [0.1, 0.15) is 29.5 Å². The number of methoxy groups -OCH3 is 1. The van der Waals surface area contributed by atoms with Crippen molar-refractivity contribution in [3.05, 3.63) is 65.2 Å². The largest absolute Gasteiger partial charge is 0.497 e. The van der Waals surface area contributed by atoms with Gasteiger partial charge in [0.05, 0.1) is 13.5 Å². The van der Waals surface area contributed by atoms with Gasteiger partial charge in [0.25, 0.3) is 0 Å². The van der Waals surface area contributed by atoms with Crippen molar-refractivity contribution >= 4 is 5.91 Å². The van der Waals surface area contributed by atoms with Crippen LogP contribution in [0.2, 0.25) is 0 Å². The average molecular weight is 434 g/mol. The molecule has 3 heterocycles. The summed E-state index contributed by atoms with van der Waals surface area (Å²) in [4.78, 5) is 18.3. The van der Waals surface area contributed by atoms with E-state index in [-0.39, 0.29) is 11.3 Å². The monoisotopic (exact) mass is 433 g/mol. The third kappa shape index (κ3) is 4.69. The van der Waals surface area contributed by atoms with Gasteiger partial charge in [0.15, 0.2) is 0 Å². The fourth-order valence-corrected chi connectivity index (χ4v) is 5.91. The number of fused-ring (bicyclic) bond motifs is 1. The number of hydrogen-bond acceptors (Lipinski definition) is 4. The second kappa shape index (κ2) is 9.24. The molecule has 3 aliphatic heterocycles. The van der Waals surface area contributed by atoms with Crippen molar-refractivity contribution in [3.8, 4) is 5.75 Å². The summed E-state index contributed by atoms with van der Waals surface area (Å²) in [5, 5.41) is 3.51. The highest BCUT2D eigenvalue weighted by molar-refractivity contribution is 5.79.